The number of hydrogen-bond donors (Lipinski definition) is 0. The van der Waals surface area contributed by atoms with E-state index in [0.717, 1.165) is 29.6 Å². The van der Waals surface area contributed by atoms with Gasteiger partial charge >= 0.3 is 6.09 Å². The van der Waals surface area contributed by atoms with Crippen molar-refractivity contribution < 1.29 is 14.3 Å². The van der Waals surface area contributed by atoms with Crippen LogP contribution in [0.15, 0.2) is 22.9 Å². The molecule has 1 aromatic heterocycles. The van der Waals surface area contributed by atoms with Crippen molar-refractivity contribution in [2.75, 3.05) is 19.7 Å². The summed E-state index contributed by atoms with van der Waals surface area (Å²) in [6.45, 7) is 8.33. The molecule has 1 saturated heterocycles. The fraction of sp³-hybridized carbons (Fsp3) is 0.647. The van der Waals surface area contributed by atoms with E-state index in [4.69, 9.17) is 9.47 Å². The largest absolute Gasteiger partial charge is 0.444 e. The Balaban J connectivity index is 1.75. The van der Waals surface area contributed by atoms with Crippen LogP contribution >= 0.6 is 15.9 Å². The zero-order chi connectivity index (χ0) is 16.9. The predicted octanol–water partition coefficient (Wildman–Crippen LogP) is 4.01. The van der Waals surface area contributed by atoms with Gasteiger partial charge in [0.25, 0.3) is 0 Å². The average Bonchev–Trinajstić information content (AvgIpc) is 2.48. The minimum absolute atomic E-state index is 0.223. The molecule has 1 aliphatic heterocycles. The first-order chi connectivity index (χ1) is 10.8. The minimum Gasteiger partial charge on any atom is -0.444 e. The van der Waals surface area contributed by atoms with Crippen LogP contribution in [0.1, 0.15) is 39.2 Å². The normalized spacial score (nSPS) is 18.8. The molecule has 1 amide bonds. The lowest BCUT2D eigenvalue weighted by atomic mass is 9.99. The number of aromatic nitrogens is 1. The second-order valence-electron chi connectivity index (χ2n) is 6.94. The first kappa shape index (κ1) is 18.2. The number of amides is 1. The van der Waals surface area contributed by atoms with Gasteiger partial charge in [-0.25, -0.2) is 9.78 Å². The van der Waals surface area contributed by atoms with Crippen LogP contribution in [0.2, 0.25) is 0 Å². The summed E-state index contributed by atoms with van der Waals surface area (Å²) in [6.07, 6.45) is 3.66. The maximum atomic E-state index is 12.1. The highest BCUT2D eigenvalue weighted by molar-refractivity contribution is 9.10. The lowest BCUT2D eigenvalue weighted by Gasteiger charge is -2.34. The second-order valence-corrected chi connectivity index (χ2v) is 7.75. The van der Waals surface area contributed by atoms with Gasteiger partial charge in [0.05, 0.1) is 13.2 Å². The van der Waals surface area contributed by atoms with Gasteiger partial charge in [0.1, 0.15) is 10.2 Å². The summed E-state index contributed by atoms with van der Waals surface area (Å²) in [4.78, 5) is 18.1. The van der Waals surface area contributed by atoms with Gasteiger partial charge in [0.2, 0.25) is 0 Å². The van der Waals surface area contributed by atoms with E-state index in [1.54, 1.807) is 11.1 Å². The third kappa shape index (κ3) is 6.47. The van der Waals surface area contributed by atoms with Crippen molar-refractivity contribution in [1.29, 1.82) is 0 Å². The Morgan fingerprint density at radius 3 is 2.87 bits per heavy atom. The zero-order valence-electron chi connectivity index (χ0n) is 14.0. The molecule has 23 heavy (non-hydrogen) atoms. The summed E-state index contributed by atoms with van der Waals surface area (Å²) < 4.78 is 12.1. The van der Waals surface area contributed by atoms with Crippen molar-refractivity contribution in [2.45, 2.75) is 45.8 Å². The van der Waals surface area contributed by atoms with Crippen LogP contribution in [-0.2, 0) is 16.1 Å². The van der Waals surface area contributed by atoms with Crippen molar-refractivity contribution in [1.82, 2.24) is 9.88 Å². The topological polar surface area (TPSA) is 51.7 Å². The fourth-order valence-electron chi connectivity index (χ4n) is 2.53. The van der Waals surface area contributed by atoms with Crippen LogP contribution in [0, 0.1) is 5.92 Å². The van der Waals surface area contributed by atoms with Crippen molar-refractivity contribution in [3.63, 3.8) is 0 Å². The third-order valence-corrected chi connectivity index (χ3v) is 4.05. The molecule has 128 valence electrons. The highest BCUT2D eigenvalue weighted by Crippen LogP contribution is 2.20. The molecule has 1 fully saturated rings. The van der Waals surface area contributed by atoms with Gasteiger partial charge in [-0.3, -0.25) is 0 Å². The van der Waals surface area contributed by atoms with E-state index in [1.807, 2.05) is 32.9 Å². The standard InChI is InChI=1S/C17H25BrN2O3/c1-17(2,3)23-16(21)20-8-4-5-14(10-20)12-22-11-13-6-7-15(18)19-9-13/h6-7,9,14H,4-5,8,10-12H2,1-3H3/t14-/m0/s1. The maximum Gasteiger partial charge on any atom is 0.410 e. The molecule has 1 atom stereocenters. The zero-order valence-corrected chi connectivity index (χ0v) is 15.6. The number of carbonyl (C=O) groups excluding carboxylic acids is 1. The first-order valence-corrected chi connectivity index (χ1v) is 8.79. The van der Waals surface area contributed by atoms with Crippen molar-refractivity contribution >= 4 is 22.0 Å². The van der Waals surface area contributed by atoms with Gasteiger partial charge in [-0.05, 0) is 61.2 Å². The van der Waals surface area contributed by atoms with E-state index in [2.05, 4.69) is 20.9 Å². The molecule has 6 heteroatoms. The molecular formula is C17H25BrN2O3. The van der Waals surface area contributed by atoms with Gasteiger partial charge in [0.15, 0.2) is 0 Å². The number of rotatable bonds is 4. The first-order valence-electron chi connectivity index (χ1n) is 7.99. The number of hydrogen-bond acceptors (Lipinski definition) is 4. The fourth-order valence-corrected chi connectivity index (χ4v) is 2.76. The van der Waals surface area contributed by atoms with E-state index in [9.17, 15) is 4.79 Å². The third-order valence-electron chi connectivity index (χ3n) is 3.58. The molecule has 0 saturated carbocycles. The molecule has 2 heterocycles. The second kappa shape index (κ2) is 8.11. The molecule has 2 rings (SSSR count). The Hall–Kier alpha value is -1.14. The smallest absolute Gasteiger partial charge is 0.410 e. The minimum atomic E-state index is -0.449. The number of likely N-dealkylation sites (tertiary alicyclic amines) is 1. The molecular weight excluding hydrogens is 360 g/mol. The number of piperidine rings is 1. The lowest BCUT2D eigenvalue weighted by Crippen LogP contribution is -2.43. The molecule has 0 spiro atoms. The van der Waals surface area contributed by atoms with Crippen molar-refractivity contribution in [3.8, 4) is 0 Å². The Kier molecular flexibility index (Phi) is 6.41. The van der Waals surface area contributed by atoms with Crippen LogP contribution in [0.25, 0.3) is 0 Å². The lowest BCUT2D eigenvalue weighted by molar-refractivity contribution is 0.00591. The highest BCUT2D eigenvalue weighted by atomic mass is 79.9. The van der Waals surface area contributed by atoms with Gasteiger partial charge in [0, 0.05) is 25.2 Å². The molecule has 0 radical (unpaired) electrons. The summed E-state index contributed by atoms with van der Waals surface area (Å²) in [7, 11) is 0. The highest BCUT2D eigenvalue weighted by Gasteiger charge is 2.27. The Labute approximate surface area is 146 Å². The van der Waals surface area contributed by atoms with Gasteiger partial charge in [-0.2, -0.15) is 0 Å². The van der Waals surface area contributed by atoms with E-state index >= 15 is 0 Å². The monoisotopic (exact) mass is 384 g/mol. The summed E-state index contributed by atoms with van der Waals surface area (Å²) in [6, 6.07) is 3.90. The van der Waals surface area contributed by atoms with E-state index in [0.29, 0.717) is 25.7 Å². The molecule has 0 N–H and O–H groups in total. The van der Waals surface area contributed by atoms with Crippen molar-refractivity contribution in [3.05, 3.63) is 28.5 Å². The Morgan fingerprint density at radius 1 is 1.43 bits per heavy atom. The quantitative estimate of drug-likeness (QED) is 0.735. The molecule has 0 bridgehead atoms. The van der Waals surface area contributed by atoms with E-state index in [-0.39, 0.29) is 6.09 Å². The average molecular weight is 385 g/mol. The summed E-state index contributed by atoms with van der Waals surface area (Å²) in [5.74, 6) is 0.361. The van der Waals surface area contributed by atoms with Crippen LogP contribution < -0.4 is 0 Å². The molecule has 5 nitrogen and oxygen atoms in total. The molecule has 1 aromatic rings. The van der Waals surface area contributed by atoms with Crippen LogP contribution in [0.5, 0.6) is 0 Å². The van der Waals surface area contributed by atoms with Crippen LogP contribution in [0.4, 0.5) is 4.79 Å². The molecule has 1 aliphatic rings. The Morgan fingerprint density at radius 2 is 2.22 bits per heavy atom. The number of nitrogens with zero attached hydrogens (tertiary/aromatic N) is 2. The maximum absolute atomic E-state index is 12.1. The van der Waals surface area contributed by atoms with Crippen LogP contribution in [-0.4, -0.2) is 41.3 Å². The van der Waals surface area contributed by atoms with E-state index < -0.39 is 5.60 Å². The summed E-state index contributed by atoms with van der Waals surface area (Å²) in [5.41, 5.74) is 0.600. The number of ether oxygens (including phenoxy) is 2. The molecule has 0 unspecified atom stereocenters. The van der Waals surface area contributed by atoms with Crippen LogP contribution in [0.3, 0.4) is 0 Å². The number of pyridine rings is 1. The number of carbonyl (C=O) groups is 1. The number of halogens is 1. The van der Waals surface area contributed by atoms with Gasteiger partial charge < -0.3 is 14.4 Å². The molecule has 0 aromatic carbocycles. The van der Waals surface area contributed by atoms with Crippen molar-refractivity contribution in [2.24, 2.45) is 5.92 Å². The van der Waals surface area contributed by atoms with E-state index in [1.165, 1.54) is 0 Å². The predicted molar refractivity (Wildman–Crippen MR) is 92.1 cm³/mol. The van der Waals surface area contributed by atoms with Gasteiger partial charge in [-0.1, -0.05) is 6.07 Å². The molecule has 0 aliphatic carbocycles. The summed E-state index contributed by atoms with van der Waals surface area (Å²) >= 11 is 3.32. The SMILES string of the molecule is CC(C)(C)OC(=O)N1CCC[C@H](COCc2ccc(Br)nc2)C1. The summed E-state index contributed by atoms with van der Waals surface area (Å²) in [5, 5.41) is 0. The Bertz CT molecular complexity index is 514. The van der Waals surface area contributed by atoms with Gasteiger partial charge in [-0.15, -0.1) is 0 Å².